The molecule has 1 aromatic rings. The number of amides is 2. The van der Waals surface area contributed by atoms with Crippen LogP contribution in [0.4, 0.5) is 0 Å². The van der Waals surface area contributed by atoms with E-state index in [-0.39, 0.29) is 11.8 Å². The van der Waals surface area contributed by atoms with Gasteiger partial charge in [-0.2, -0.15) is 0 Å². The second kappa shape index (κ2) is 5.95. The summed E-state index contributed by atoms with van der Waals surface area (Å²) in [5, 5.41) is 5.54. The van der Waals surface area contributed by atoms with Crippen LogP contribution >= 0.6 is 15.9 Å². The van der Waals surface area contributed by atoms with E-state index in [1.54, 1.807) is 18.3 Å². The zero-order valence-corrected chi connectivity index (χ0v) is 11.4. The lowest BCUT2D eigenvalue weighted by Crippen LogP contribution is -2.32. The van der Waals surface area contributed by atoms with Gasteiger partial charge in [0.15, 0.2) is 0 Å². The molecule has 96 valence electrons. The third kappa shape index (κ3) is 3.80. The van der Waals surface area contributed by atoms with Crippen molar-refractivity contribution in [2.75, 3.05) is 6.54 Å². The average Bonchev–Trinajstić information content (AvgIpc) is 3.13. The Hall–Kier alpha value is -1.43. The number of rotatable bonds is 5. The third-order valence-electron chi connectivity index (χ3n) is 2.55. The summed E-state index contributed by atoms with van der Waals surface area (Å²) in [6.07, 6.45) is 3.99. The summed E-state index contributed by atoms with van der Waals surface area (Å²) in [6, 6.07) is 3.85. The fourth-order valence-electron chi connectivity index (χ4n) is 1.45. The van der Waals surface area contributed by atoms with Crippen LogP contribution in [0.3, 0.4) is 0 Å². The van der Waals surface area contributed by atoms with Crippen molar-refractivity contribution in [2.45, 2.75) is 25.3 Å². The highest BCUT2D eigenvalue weighted by Crippen LogP contribution is 2.18. The van der Waals surface area contributed by atoms with Gasteiger partial charge in [-0.25, -0.2) is 4.98 Å². The molecule has 0 saturated heterocycles. The first-order chi connectivity index (χ1) is 8.66. The number of pyridine rings is 1. The van der Waals surface area contributed by atoms with E-state index in [0.717, 1.165) is 12.8 Å². The van der Waals surface area contributed by atoms with Gasteiger partial charge in [0.25, 0.3) is 5.91 Å². The second-order valence-corrected chi connectivity index (χ2v) is 5.04. The number of carbonyl (C=O) groups is 2. The van der Waals surface area contributed by atoms with Crippen LogP contribution in [0.25, 0.3) is 0 Å². The van der Waals surface area contributed by atoms with Crippen molar-refractivity contribution in [1.29, 1.82) is 0 Å². The van der Waals surface area contributed by atoms with Crippen LogP contribution in [0.2, 0.25) is 0 Å². The molecule has 2 rings (SSSR count). The first-order valence-electron chi connectivity index (χ1n) is 5.85. The van der Waals surface area contributed by atoms with Gasteiger partial charge in [-0.05, 0) is 40.9 Å². The molecule has 0 aliphatic heterocycles. The van der Waals surface area contributed by atoms with Gasteiger partial charge < -0.3 is 10.6 Å². The van der Waals surface area contributed by atoms with Crippen molar-refractivity contribution in [3.05, 3.63) is 28.5 Å². The third-order valence-corrected chi connectivity index (χ3v) is 3.19. The summed E-state index contributed by atoms with van der Waals surface area (Å²) in [7, 11) is 0. The second-order valence-electron chi connectivity index (χ2n) is 4.18. The molecule has 1 aliphatic carbocycles. The van der Waals surface area contributed by atoms with Crippen LogP contribution in [0, 0.1) is 0 Å². The van der Waals surface area contributed by atoms with Gasteiger partial charge in [0.05, 0.1) is 0 Å². The summed E-state index contributed by atoms with van der Waals surface area (Å²) in [5.41, 5.74) is 0.333. The number of hydrogen-bond acceptors (Lipinski definition) is 3. The first kappa shape index (κ1) is 13.0. The summed E-state index contributed by atoms with van der Waals surface area (Å²) < 4.78 is 0.643. The van der Waals surface area contributed by atoms with Crippen molar-refractivity contribution in [3.8, 4) is 0 Å². The molecule has 1 saturated carbocycles. The Morgan fingerprint density at radius 3 is 2.89 bits per heavy atom. The Labute approximate surface area is 113 Å². The van der Waals surface area contributed by atoms with Crippen LogP contribution in [-0.4, -0.2) is 29.4 Å². The molecule has 1 fully saturated rings. The van der Waals surface area contributed by atoms with Crippen molar-refractivity contribution in [3.63, 3.8) is 0 Å². The van der Waals surface area contributed by atoms with Gasteiger partial charge in [-0.3, -0.25) is 9.59 Å². The lowest BCUT2D eigenvalue weighted by Gasteiger charge is -2.06. The Bertz CT molecular complexity index is 460. The van der Waals surface area contributed by atoms with Gasteiger partial charge in [-0.1, -0.05) is 0 Å². The molecule has 0 radical (unpaired) electrons. The van der Waals surface area contributed by atoms with Gasteiger partial charge in [0.2, 0.25) is 5.91 Å². The number of nitrogens with one attached hydrogen (secondary N) is 2. The average molecular weight is 312 g/mol. The molecule has 0 aromatic carbocycles. The summed E-state index contributed by atoms with van der Waals surface area (Å²) >= 11 is 3.26. The number of carbonyl (C=O) groups excluding carboxylic acids is 2. The number of nitrogens with zero attached hydrogens (tertiary/aromatic N) is 1. The van der Waals surface area contributed by atoms with E-state index in [9.17, 15) is 9.59 Å². The SMILES string of the molecule is O=C(CCNC(=O)c1ncccc1Br)NC1CC1. The standard InChI is InChI=1S/C12H14BrN3O2/c13-9-2-1-6-14-11(9)12(18)15-7-5-10(17)16-8-3-4-8/h1-2,6,8H,3-5,7H2,(H,15,18)(H,16,17). The Morgan fingerprint density at radius 2 is 2.22 bits per heavy atom. The molecule has 0 unspecified atom stereocenters. The Balaban J connectivity index is 1.74. The Kier molecular flexibility index (Phi) is 4.30. The molecule has 2 amide bonds. The minimum atomic E-state index is -0.276. The smallest absolute Gasteiger partial charge is 0.271 e. The molecule has 2 N–H and O–H groups in total. The summed E-state index contributed by atoms with van der Waals surface area (Å²) in [5.74, 6) is -0.292. The zero-order valence-electron chi connectivity index (χ0n) is 9.78. The highest BCUT2D eigenvalue weighted by molar-refractivity contribution is 9.10. The number of halogens is 1. The molecule has 1 heterocycles. The highest BCUT2D eigenvalue weighted by atomic mass is 79.9. The van der Waals surface area contributed by atoms with Crippen LogP contribution in [-0.2, 0) is 4.79 Å². The topological polar surface area (TPSA) is 71.1 Å². The molecule has 6 heteroatoms. The molecule has 5 nitrogen and oxygen atoms in total. The molecule has 0 bridgehead atoms. The highest BCUT2D eigenvalue weighted by Gasteiger charge is 2.22. The zero-order chi connectivity index (χ0) is 13.0. The predicted molar refractivity (Wildman–Crippen MR) is 70.1 cm³/mol. The molecular weight excluding hydrogens is 298 g/mol. The van der Waals surface area contributed by atoms with Crippen molar-refractivity contribution < 1.29 is 9.59 Å². The molecule has 1 aromatic heterocycles. The van der Waals surface area contributed by atoms with E-state index in [1.807, 2.05) is 0 Å². The van der Waals surface area contributed by atoms with E-state index in [0.29, 0.717) is 29.2 Å². The van der Waals surface area contributed by atoms with Gasteiger partial charge in [0, 0.05) is 29.7 Å². The van der Waals surface area contributed by atoms with Crippen LogP contribution in [0.1, 0.15) is 29.8 Å². The normalized spacial score (nSPS) is 14.1. The first-order valence-corrected chi connectivity index (χ1v) is 6.64. The van der Waals surface area contributed by atoms with Crippen molar-refractivity contribution >= 4 is 27.7 Å². The Morgan fingerprint density at radius 1 is 1.44 bits per heavy atom. The maximum Gasteiger partial charge on any atom is 0.271 e. The monoisotopic (exact) mass is 311 g/mol. The van der Waals surface area contributed by atoms with E-state index in [2.05, 4.69) is 31.5 Å². The molecule has 0 spiro atoms. The molecule has 1 aliphatic rings. The minimum Gasteiger partial charge on any atom is -0.353 e. The number of hydrogen-bond donors (Lipinski definition) is 2. The molecule has 18 heavy (non-hydrogen) atoms. The maximum absolute atomic E-state index is 11.7. The lowest BCUT2D eigenvalue weighted by molar-refractivity contribution is -0.121. The van der Waals surface area contributed by atoms with Crippen molar-refractivity contribution in [1.82, 2.24) is 15.6 Å². The minimum absolute atomic E-state index is 0.0158. The van der Waals surface area contributed by atoms with Gasteiger partial charge in [0.1, 0.15) is 5.69 Å². The van der Waals surface area contributed by atoms with Crippen LogP contribution < -0.4 is 10.6 Å². The maximum atomic E-state index is 11.7. The quantitative estimate of drug-likeness (QED) is 0.859. The molecule has 0 atom stereocenters. The van der Waals surface area contributed by atoms with E-state index < -0.39 is 0 Å². The van der Waals surface area contributed by atoms with Gasteiger partial charge in [-0.15, -0.1) is 0 Å². The van der Waals surface area contributed by atoms with Crippen molar-refractivity contribution in [2.24, 2.45) is 0 Å². The fraction of sp³-hybridized carbons (Fsp3) is 0.417. The van der Waals surface area contributed by atoms with E-state index in [4.69, 9.17) is 0 Å². The van der Waals surface area contributed by atoms with Crippen LogP contribution in [0.15, 0.2) is 22.8 Å². The number of aromatic nitrogens is 1. The summed E-state index contributed by atoms with van der Waals surface area (Å²) in [6.45, 7) is 0.320. The predicted octanol–water partition coefficient (Wildman–Crippen LogP) is 1.24. The largest absolute Gasteiger partial charge is 0.353 e. The lowest BCUT2D eigenvalue weighted by atomic mass is 10.3. The summed E-state index contributed by atoms with van der Waals surface area (Å²) in [4.78, 5) is 27.1. The van der Waals surface area contributed by atoms with Gasteiger partial charge >= 0.3 is 0 Å². The van der Waals surface area contributed by atoms with E-state index >= 15 is 0 Å². The van der Waals surface area contributed by atoms with Crippen LogP contribution in [0.5, 0.6) is 0 Å². The molecular formula is C12H14BrN3O2. The fourth-order valence-corrected chi connectivity index (χ4v) is 1.89. The van der Waals surface area contributed by atoms with E-state index in [1.165, 1.54) is 0 Å².